The molecule has 3 rings (SSSR count). The first-order valence-corrected chi connectivity index (χ1v) is 9.01. The third kappa shape index (κ3) is 3.90. The van der Waals surface area contributed by atoms with E-state index in [2.05, 4.69) is 0 Å². The Morgan fingerprint density at radius 1 is 1.14 bits per heavy atom. The van der Waals surface area contributed by atoms with E-state index in [0.29, 0.717) is 26.2 Å². The van der Waals surface area contributed by atoms with Crippen LogP contribution in [0.4, 0.5) is 17.2 Å². The molecule has 0 spiro atoms. The monoisotopic (exact) mass is 402 g/mol. The number of hydrogen-bond donors (Lipinski definition) is 1. The number of carbonyl (C=O) groups excluding carboxylic acids is 1. The standard InChI is InChI=1S/C18H22N6O5/c1-20-16(19)15(17(26)21(2)18(20)27)14(25)11-22-6-8-23(9-7-22)12-4-3-5-13(10-12)24(28)29/h3-5,10H,6-9,11,19H2,1-2H3. The van der Waals surface area contributed by atoms with Crippen LogP contribution < -0.4 is 21.9 Å². The predicted octanol–water partition coefficient (Wildman–Crippen LogP) is -0.421. The summed E-state index contributed by atoms with van der Waals surface area (Å²) < 4.78 is 1.94. The number of benzene rings is 1. The molecule has 1 aromatic heterocycles. The highest BCUT2D eigenvalue weighted by Gasteiger charge is 2.25. The van der Waals surface area contributed by atoms with E-state index in [1.165, 1.54) is 26.2 Å². The Labute approximate surface area is 165 Å². The molecule has 29 heavy (non-hydrogen) atoms. The maximum Gasteiger partial charge on any atom is 0.332 e. The van der Waals surface area contributed by atoms with Gasteiger partial charge in [0.25, 0.3) is 11.2 Å². The Balaban J connectivity index is 1.70. The number of nitrogens with two attached hydrogens (primary N) is 1. The van der Waals surface area contributed by atoms with Crippen molar-refractivity contribution in [3.63, 3.8) is 0 Å². The summed E-state index contributed by atoms with van der Waals surface area (Å²) in [7, 11) is 2.71. The number of anilines is 2. The van der Waals surface area contributed by atoms with E-state index in [-0.39, 0.29) is 23.6 Å². The fourth-order valence-corrected chi connectivity index (χ4v) is 3.37. The number of carbonyl (C=O) groups is 1. The average molecular weight is 402 g/mol. The minimum Gasteiger partial charge on any atom is -0.384 e. The van der Waals surface area contributed by atoms with E-state index in [9.17, 15) is 24.5 Å². The number of rotatable bonds is 5. The second-order valence-electron chi connectivity index (χ2n) is 6.93. The molecule has 0 atom stereocenters. The highest BCUT2D eigenvalue weighted by molar-refractivity contribution is 6.01. The van der Waals surface area contributed by atoms with Crippen LogP contribution in [0.25, 0.3) is 0 Å². The van der Waals surface area contributed by atoms with Crippen molar-refractivity contribution in [3.8, 4) is 0 Å². The van der Waals surface area contributed by atoms with Crippen LogP contribution >= 0.6 is 0 Å². The maximum absolute atomic E-state index is 12.7. The third-order valence-electron chi connectivity index (χ3n) is 5.13. The average Bonchev–Trinajstić information content (AvgIpc) is 2.71. The van der Waals surface area contributed by atoms with Gasteiger partial charge in [0.1, 0.15) is 11.4 Å². The van der Waals surface area contributed by atoms with E-state index in [4.69, 9.17) is 5.73 Å². The molecule has 0 unspecified atom stereocenters. The Morgan fingerprint density at radius 2 is 1.79 bits per heavy atom. The molecule has 0 aliphatic carbocycles. The summed E-state index contributed by atoms with van der Waals surface area (Å²) >= 11 is 0. The van der Waals surface area contributed by atoms with E-state index in [0.717, 1.165) is 14.8 Å². The zero-order valence-corrected chi connectivity index (χ0v) is 16.2. The van der Waals surface area contributed by atoms with Crippen LogP contribution in [0.2, 0.25) is 0 Å². The van der Waals surface area contributed by atoms with Crippen LogP contribution in [0.5, 0.6) is 0 Å². The topological polar surface area (TPSA) is 137 Å². The van der Waals surface area contributed by atoms with Crippen molar-refractivity contribution >= 4 is 23.0 Å². The summed E-state index contributed by atoms with van der Waals surface area (Å²) in [4.78, 5) is 51.3. The number of hydrogen-bond acceptors (Lipinski definition) is 8. The second kappa shape index (κ2) is 7.87. The first kappa shape index (κ1) is 20.3. The number of aromatic nitrogens is 2. The molecule has 2 aromatic rings. The molecule has 11 nitrogen and oxygen atoms in total. The van der Waals surface area contributed by atoms with Gasteiger partial charge < -0.3 is 10.6 Å². The lowest BCUT2D eigenvalue weighted by Crippen LogP contribution is -2.49. The van der Waals surface area contributed by atoms with Gasteiger partial charge in [0.2, 0.25) is 0 Å². The normalized spacial score (nSPS) is 14.8. The summed E-state index contributed by atoms with van der Waals surface area (Å²) in [6.07, 6.45) is 0. The number of ketones is 1. The number of nitrogens with zero attached hydrogens (tertiary/aromatic N) is 5. The molecule has 1 aliphatic rings. The lowest BCUT2D eigenvalue weighted by atomic mass is 10.1. The zero-order valence-electron chi connectivity index (χ0n) is 16.2. The Morgan fingerprint density at radius 3 is 2.41 bits per heavy atom. The van der Waals surface area contributed by atoms with Gasteiger partial charge in [-0.05, 0) is 6.07 Å². The van der Waals surface area contributed by atoms with Gasteiger partial charge in [-0.3, -0.25) is 33.7 Å². The van der Waals surface area contributed by atoms with Gasteiger partial charge in [0.15, 0.2) is 5.78 Å². The lowest BCUT2D eigenvalue weighted by Gasteiger charge is -2.35. The number of piperazine rings is 1. The van der Waals surface area contributed by atoms with Crippen molar-refractivity contribution < 1.29 is 9.72 Å². The largest absolute Gasteiger partial charge is 0.384 e. The predicted molar refractivity (Wildman–Crippen MR) is 107 cm³/mol. The first-order chi connectivity index (χ1) is 13.7. The minimum atomic E-state index is -0.703. The molecule has 0 bridgehead atoms. The molecule has 1 aliphatic heterocycles. The molecule has 11 heteroatoms. The SMILES string of the molecule is Cn1c(N)c(C(=O)CN2CCN(c3cccc([N+](=O)[O-])c3)CC2)c(=O)n(C)c1=O. The highest BCUT2D eigenvalue weighted by atomic mass is 16.6. The highest BCUT2D eigenvalue weighted by Crippen LogP contribution is 2.22. The molecule has 154 valence electrons. The fourth-order valence-electron chi connectivity index (χ4n) is 3.37. The molecule has 0 amide bonds. The van der Waals surface area contributed by atoms with Crippen LogP contribution in [-0.4, -0.2) is 57.5 Å². The van der Waals surface area contributed by atoms with Crippen molar-refractivity contribution in [3.05, 3.63) is 60.8 Å². The van der Waals surface area contributed by atoms with Crippen LogP contribution in [0.1, 0.15) is 10.4 Å². The molecule has 0 radical (unpaired) electrons. The van der Waals surface area contributed by atoms with Gasteiger partial charge in [-0.25, -0.2) is 4.79 Å². The summed E-state index contributed by atoms with van der Waals surface area (Å²) in [5.41, 5.74) is 5.15. The van der Waals surface area contributed by atoms with Gasteiger partial charge >= 0.3 is 5.69 Å². The molecular formula is C18H22N6O5. The van der Waals surface area contributed by atoms with E-state index in [1.807, 2.05) is 15.9 Å². The molecular weight excluding hydrogens is 380 g/mol. The van der Waals surface area contributed by atoms with Gasteiger partial charge in [-0.15, -0.1) is 0 Å². The molecule has 1 saturated heterocycles. The van der Waals surface area contributed by atoms with E-state index in [1.54, 1.807) is 6.07 Å². The zero-order chi connectivity index (χ0) is 21.3. The minimum absolute atomic E-state index is 0.000418. The maximum atomic E-state index is 12.7. The van der Waals surface area contributed by atoms with Gasteiger partial charge in [0.05, 0.1) is 11.5 Å². The summed E-state index contributed by atoms with van der Waals surface area (Å²) in [5.74, 6) is -0.583. The molecule has 2 N–H and O–H groups in total. The third-order valence-corrected chi connectivity index (χ3v) is 5.13. The van der Waals surface area contributed by atoms with Crippen molar-refractivity contribution in [1.29, 1.82) is 0 Å². The quantitative estimate of drug-likeness (QED) is 0.404. The van der Waals surface area contributed by atoms with E-state index >= 15 is 0 Å². The van der Waals surface area contributed by atoms with E-state index < -0.39 is 22.0 Å². The van der Waals surface area contributed by atoms with Gasteiger partial charge in [0, 0.05) is 58.1 Å². The summed E-state index contributed by atoms with van der Waals surface area (Å²) in [5, 5.41) is 11.0. The fraction of sp³-hybridized carbons (Fsp3) is 0.389. The number of nitro benzene ring substituents is 1. The van der Waals surface area contributed by atoms with Crippen LogP contribution in [0.3, 0.4) is 0 Å². The van der Waals surface area contributed by atoms with Crippen molar-refractivity contribution in [2.24, 2.45) is 14.1 Å². The smallest absolute Gasteiger partial charge is 0.332 e. The molecule has 1 aromatic carbocycles. The second-order valence-corrected chi connectivity index (χ2v) is 6.93. The van der Waals surface area contributed by atoms with Crippen molar-refractivity contribution in [2.45, 2.75) is 0 Å². The molecule has 1 fully saturated rings. The van der Waals surface area contributed by atoms with Crippen LogP contribution in [-0.2, 0) is 14.1 Å². The van der Waals surface area contributed by atoms with Crippen molar-refractivity contribution in [1.82, 2.24) is 14.0 Å². The number of nitrogen functional groups attached to an aromatic ring is 1. The summed E-state index contributed by atoms with van der Waals surface area (Å²) in [6, 6.07) is 6.41. The number of Topliss-reactive ketones (excluding diaryl/α,β-unsaturated/α-hetero) is 1. The van der Waals surface area contributed by atoms with Gasteiger partial charge in [-0.1, -0.05) is 6.07 Å². The Hall–Kier alpha value is -3.47. The van der Waals surface area contributed by atoms with Gasteiger partial charge in [-0.2, -0.15) is 0 Å². The van der Waals surface area contributed by atoms with Crippen LogP contribution in [0, 0.1) is 10.1 Å². The number of non-ortho nitro benzene ring substituents is 1. The molecule has 0 saturated carbocycles. The lowest BCUT2D eigenvalue weighted by molar-refractivity contribution is -0.384. The Bertz CT molecular complexity index is 1080. The summed E-state index contributed by atoms with van der Waals surface area (Å²) in [6.45, 7) is 2.24. The van der Waals surface area contributed by atoms with Crippen molar-refractivity contribution in [2.75, 3.05) is 43.4 Å². The van der Waals surface area contributed by atoms with Crippen LogP contribution in [0.15, 0.2) is 33.9 Å². The Kier molecular flexibility index (Phi) is 5.50. The first-order valence-electron chi connectivity index (χ1n) is 9.01. The number of nitro groups is 1. The molecule has 2 heterocycles.